The number of hydrogen-bond donors (Lipinski definition) is 1. The van der Waals surface area contributed by atoms with Gasteiger partial charge >= 0.3 is 0 Å². The number of nitrogens with one attached hydrogen (secondary N) is 1. The number of carbonyl (C=O) groups excluding carboxylic acids is 1. The predicted octanol–water partition coefficient (Wildman–Crippen LogP) is 1.94. The molecule has 2 rings (SSSR count). The van der Waals surface area contributed by atoms with Crippen LogP contribution in [0.3, 0.4) is 0 Å². The fourth-order valence-electron chi connectivity index (χ4n) is 2.68. The minimum Gasteiger partial charge on any atom is -0.383 e. The highest BCUT2D eigenvalue weighted by atomic mass is 16.5. The fourth-order valence-corrected chi connectivity index (χ4v) is 2.68. The van der Waals surface area contributed by atoms with Crippen molar-refractivity contribution < 1.29 is 9.53 Å². The maximum absolute atomic E-state index is 12.5. The zero-order valence-corrected chi connectivity index (χ0v) is 12.6. The molecule has 0 unspecified atom stereocenters. The molecule has 0 bridgehead atoms. The lowest BCUT2D eigenvalue weighted by Gasteiger charge is -2.20. The molecular formula is C16H24N2O2. The second kappa shape index (κ2) is 6.37. The lowest BCUT2D eigenvalue weighted by atomic mass is 9.86. The van der Waals surface area contributed by atoms with Crippen LogP contribution in [0.25, 0.3) is 0 Å². The lowest BCUT2D eigenvalue weighted by Crippen LogP contribution is -2.37. The number of ether oxygens (including phenoxy) is 1. The van der Waals surface area contributed by atoms with Crippen molar-refractivity contribution in [2.24, 2.45) is 0 Å². The number of rotatable bonds is 7. The molecule has 110 valence electrons. The third kappa shape index (κ3) is 2.86. The smallest absolute Gasteiger partial charge is 0.237 e. The Hall–Kier alpha value is -1.39. The summed E-state index contributed by atoms with van der Waals surface area (Å²) in [6.07, 6.45) is 0.944. The van der Waals surface area contributed by atoms with Gasteiger partial charge in [0, 0.05) is 25.9 Å². The summed E-state index contributed by atoms with van der Waals surface area (Å²) in [4.78, 5) is 14.5. The van der Waals surface area contributed by atoms with E-state index in [2.05, 4.69) is 11.4 Å². The van der Waals surface area contributed by atoms with Crippen molar-refractivity contribution in [3.8, 4) is 0 Å². The zero-order chi connectivity index (χ0) is 14.6. The predicted molar refractivity (Wildman–Crippen MR) is 81.2 cm³/mol. The van der Waals surface area contributed by atoms with Crippen LogP contribution < -0.4 is 10.2 Å². The van der Waals surface area contributed by atoms with Gasteiger partial charge in [-0.2, -0.15) is 0 Å². The Balaban J connectivity index is 1.94. The molecule has 0 saturated heterocycles. The molecule has 4 heteroatoms. The van der Waals surface area contributed by atoms with Gasteiger partial charge in [-0.05, 0) is 38.4 Å². The average Bonchev–Trinajstić information content (AvgIpc) is 2.64. The van der Waals surface area contributed by atoms with Crippen LogP contribution in [-0.4, -0.2) is 39.3 Å². The number of benzene rings is 1. The summed E-state index contributed by atoms with van der Waals surface area (Å²) in [7, 11) is 1.70. The minimum absolute atomic E-state index is 0.204. The third-order valence-electron chi connectivity index (χ3n) is 3.87. The number of carbonyl (C=O) groups is 1. The van der Waals surface area contributed by atoms with Crippen LogP contribution in [0.15, 0.2) is 24.3 Å². The Morgan fingerprint density at radius 3 is 2.75 bits per heavy atom. The van der Waals surface area contributed by atoms with Crippen LogP contribution in [0.1, 0.15) is 25.8 Å². The monoisotopic (exact) mass is 276 g/mol. The zero-order valence-electron chi connectivity index (χ0n) is 12.6. The van der Waals surface area contributed by atoms with Crippen LogP contribution in [0.4, 0.5) is 5.69 Å². The minimum atomic E-state index is -0.403. The summed E-state index contributed by atoms with van der Waals surface area (Å²) in [5, 5.41) is 3.31. The Labute approximate surface area is 121 Å². The molecule has 0 atom stereocenters. The second-order valence-corrected chi connectivity index (χ2v) is 5.70. The van der Waals surface area contributed by atoms with Crippen molar-refractivity contribution >= 4 is 11.6 Å². The van der Waals surface area contributed by atoms with Crippen LogP contribution in [0, 0.1) is 0 Å². The quantitative estimate of drug-likeness (QED) is 0.774. The van der Waals surface area contributed by atoms with Gasteiger partial charge in [-0.15, -0.1) is 0 Å². The Morgan fingerprint density at radius 1 is 1.25 bits per heavy atom. The first-order valence-corrected chi connectivity index (χ1v) is 7.20. The largest absolute Gasteiger partial charge is 0.383 e. The topological polar surface area (TPSA) is 41.6 Å². The van der Waals surface area contributed by atoms with Gasteiger partial charge in [0.05, 0.1) is 12.0 Å². The van der Waals surface area contributed by atoms with Crippen LogP contribution in [0.2, 0.25) is 0 Å². The van der Waals surface area contributed by atoms with E-state index in [1.807, 2.05) is 36.9 Å². The molecule has 1 aliphatic heterocycles. The highest BCUT2D eigenvalue weighted by molar-refractivity contribution is 6.07. The molecule has 1 aromatic rings. The van der Waals surface area contributed by atoms with E-state index in [0.717, 1.165) is 43.9 Å². The Kier molecular flexibility index (Phi) is 4.78. The summed E-state index contributed by atoms with van der Waals surface area (Å²) >= 11 is 0. The van der Waals surface area contributed by atoms with Gasteiger partial charge in [0.1, 0.15) is 0 Å². The summed E-state index contributed by atoms with van der Waals surface area (Å²) < 4.78 is 4.99. The van der Waals surface area contributed by atoms with E-state index in [0.29, 0.717) is 0 Å². The maximum atomic E-state index is 12.5. The third-order valence-corrected chi connectivity index (χ3v) is 3.87. The summed E-state index contributed by atoms with van der Waals surface area (Å²) in [5.74, 6) is 0.204. The Bertz CT molecular complexity index is 471. The second-order valence-electron chi connectivity index (χ2n) is 5.70. The molecule has 0 aliphatic carbocycles. The molecular weight excluding hydrogens is 252 g/mol. The van der Waals surface area contributed by atoms with E-state index in [4.69, 9.17) is 4.74 Å². The van der Waals surface area contributed by atoms with Crippen molar-refractivity contribution in [1.29, 1.82) is 0 Å². The van der Waals surface area contributed by atoms with E-state index in [1.54, 1.807) is 7.11 Å². The number of hydrogen-bond acceptors (Lipinski definition) is 3. The number of methoxy groups -OCH3 is 1. The molecule has 1 amide bonds. The molecule has 1 heterocycles. The molecule has 1 aliphatic rings. The first-order chi connectivity index (χ1) is 9.59. The highest BCUT2D eigenvalue weighted by Crippen LogP contribution is 2.41. The van der Waals surface area contributed by atoms with Gasteiger partial charge in [0.15, 0.2) is 0 Å². The van der Waals surface area contributed by atoms with Crippen LogP contribution in [0.5, 0.6) is 0 Å². The van der Waals surface area contributed by atoms with Crippen LogP contribution in [-0.2, 0) is 14.9 Å². The number of amides is 1. The molecule has 20 heavy (non-hydrogen) atoms. The highest BCUT2D eigenvalue weighted by Gasteiger charge is 2.43. The van der Waals surface area contributed by atoms with E-state index in [1.165, 1.54) is 0 Å². The number of fused-ring (bicyclic) bond motifs is 1. The van der Waals surface area contributed by atoms with Crippen molar-refractivity contribution in [3.63, 3.8) is 0 Å². The fraction of sp³-hybridized carbons (Fsp3) is 0.562. The molecule has 0 fully saturated rings. The van der Waals surface area contributed by atoms with E-state index in [9.17, 15) is 4.79 Å². The first kappa shape index (κ1) is 15.0. The molecule has 0 spiro atoms. The summed E-state index contributed by atoms with van der Waals surface area (Å²) in [6.45, 7) is 7.25. The molecule has 0 radical (unpaired) electrons. The molecule has 1 aromatic carbocycles. The number of para-hydroxylation sites is 1. The van der Waals surface area contributed by atoms with Crippen molar-refractivity contribution in [1.82, 2.24) is 5.32 Å². The number of anilines is 1. The summed E-state index contributed by atoms with van der Waals surface area (Å²) in [5.41, 5.74) is 1.80. The van der Waals surface area contributed by atoms with Gasteiger partial charge in [-0.1, -0.05) is 18.2 Å². The van der Waals surface area contributed by atoms with Gasteiger partial charge < -0.3 is 15.0 Å². The van der Waals surface area contributed by atoms with Crippen molar-refractivity contribution in [2.75, 3.05) is 38.3 Å². The van der Waals surface area contributed by atoms with Crippen molar-refractivity contribution in [3.05, 3.63) is 29.8 Å². The molecule has 1 N–H and O–H groups in total. The normalized spacial score (nSPS) is 16.6. The van der Waals surface area contributed by atoms with Gasteiger partial charge in [0.25, 0.3) is 0 Å². The SMILES string of the molecule is COCCNCCCN1C(=O)C(C)(C)c2ccccc21. The van der Waals surface area contributed by atoms with E-state index < -0.39 is 5.41 Å². The lowest BCUT2D eigenvalue weighted by molar-refractivity contribution is -0.122. The Morgan fingerprint density at radius 2 is 2.00 bits per heavy atom. The van der Waals surface area contributed by atoms with Gasteiger partial charge in [0.2, 0.25) is 5.91 Å². The summed E-state index contributed by atoms with van der Waals surface area (Å²) in [6, 6.07) is 8.10. The van der Waals surface area contributed by atoms with Crippen molar-refractivity contribution in [2.45, 2.75) is 25.7 Å². The van der Waals surface area contributed by atoms with Gasteiger partial charge in [-0.3, -0.25) is 4.79 Å². The van der Waals surface area contributed by atoms with E-state index >= 15 is 0 Å². The number of nitrogens with zero attached hydrogens (tertiary/aromatic N) is 1. The van der Waals surface area contributed by atoms with Crippen LogP contribution >= 0.6 is 0 Å². The molecule has 0 aromatic heterocycles. The first-order valence-electron chi connectivity index (χ1n) is 7.20. The standard InChI is InChI=1S/C16H24N2O2/c1-16(2)13-7-4-5-8-14(13)18(15(16)19)11-6-9-17-10-12-20-3/h4-5,7-8,17H,6,9-12H2,1-3H3. The average molecular weight is 276 g/mol. The molecule has 0 saturated carbocycles. The van der Waals surface area contributed by atoms with E-state index in [-0.39, 0.29) is 5.91 Å². The maximum Gasteiger partial charge on any atom is 0.237 e. The van der Waals surface area contributed by atoms with Gasteiger partial charge in [-0.25, -0.2) is 0 Å². The molecule has 4 nitrogen and oxygen atoms in total.